The van der Waals surface area contributed by atoms with Gasteiger partial charge >= 0.3 is 0 Å². The molecule has 110 valence electrons. The maximum atomic E-state index is 12.0. The van der Waals surface area contributed by atoms with Gasteiger partial charge in [-0.25, -0.2) is 0 Å². The molecular weight excluding hydrogens is 324 g/mol. The molecule has 0 atom stereocenters. The predicted molar refractivity (Wildman–Crippen MR) is 80.3 cm³/mol. The summed E-state index contributed by atoms with van der Waals surface area (Å²) in [5, 5.41) is 2.93. The Morgan fingerprint density at radius 2 is 2.20 bits per heavy atom. The van der Waals surface area contributed by atoms with Gasteiger partial charge in [0.2, 0.25) is 0 Å². The highest BCUT2D eigenvalue weighted by molar-refractivity contribution is 9.10. The number of carbonyl (C=O) groups excluding carboxylic acids is 1. The van der Waals surface area contributed by atoms with E-state index < -0.39 is 0 Å². The molecule has 1 N–H and O–H groups in total. The molecule has 0 radical (unpaired) electrons. The van der Waals surface area contributed by atoms with E-state index >= 15 is 0 Å². The van der Waals surface area contributed by atoms with Gasteiger partial charge in [0, 0.05) is 31.7 Å². The van der Waals surface area contributed by atoms with Crippen LogP contribution in [0.4, 0.5) is 0 Å². The molecule has 0 saturated carbocycles. The minimum Gasteiger partial charge on any atom is -0.496 e. The van der Waals surface area contributed by atoms with Crippen LogP contribution in [0.15, 0.2) is 22.7 Å². The third-order valence-corrected chi connectivity index (χ3v) is 3.85. The Balaban J connectivity index is 1.80. The number of benzene rings is 1. The van der Waals surface area contributed by atoms with E-state index in [0.29, 0.717) is 12.1 Å². The first-order chi connectivity index (χ1) is 9.70. The minimum atomic E-state index is -0.0680. The second-order valence-electron chi connectivity index (χ2n) is 4.56. The van der Waals surface area contributed by atoms with Crippen molar-refractivity contribution in [2.45, 2.75) is 0 Å². The van der Waals surface area contributed by atoms with Crippen LogP contribution in [0, 0.1) is 0 Å². The fourth-order valence-corrected chi connectivity index (χ4v) is 2.60. The largest absolute Gasteiger partial charge is 0.496 e. The summed E-state index contributed by atoms with van der Waals surface area (Å²) < 4.78 is 11.2. The summed E-state index contributed by atoms with van der Waals surface area (Å²) in [6.45, 7) is 4.92. The number of morpholine rings is 1. The van der Waals surface area contributed by atoms with Crippen molar-refractivity contribution in [2.24, 2.45) is 0 Å². The lowest BCUT2D eigenvalue weighted by Gasteiger charge is -2.26. The summed E-state index contributed by atoms with van der Waals surface area (Å²) in [6, 6.07) is 5.30. The Bertz CT molecular complexity index is 462. The number of halogens is 1. The van der Waals surface area contributed by atoms with Crippen molar-refractivity contribution in [3.8, 4) is 5.75 Å². The van der Waals surface area contributed by atoms with Crippen molar-refractivity contribution in [2.75, 3.05) is 46.5 Å². The number of nitrogens with one attached hydrogen (secondary N) is 1. The lowest BCUT2D eigenvalue weighted by atomic mass is 10.2. The summed E-state index contributed by atoms with van der Waals surface area (Å²) >= 11 is 3.38. The van der Waals surface area contributed by atoms with E-state index in [-0.39, 0.29) is 5.91 Å². The van der Waals surface area contributed by atoms with Gasteiger partial charge in [0.15, 0.2) is 0 Å². The van der Waals surface area contributed by atoms with E-state index in [2.05, 4.69) is 26.1 Å². The predicted octanol–water partition coefficient (Wildman–Crippen LogP) is 1.52. The first-order valence-corrected chi connectivity index (χ1v) is 7.42. The first-order valence-electron chi connectivity index (χ1n) is 6.62. The molecule has 1 saturated heterocycles. The highest BCUT2D eigenvalue weighted by Gasteiger charge is 2.11. The number of nitrogens with zero attached hydrogens (tertiary/aromatic N) is 1. The van der Waals surface area contributed by atoms with Gasteiger partial charge < -0.3 is 14.8 Å². The Hall–Kier alpha value is -1.11. The minimum absolute atomic E-state index is 0.0680. The molecule has 0 bridgehead atoms. The smallest absolute Gasteiger partial charge is 0.251 e. The van der Waals surface area contributed by atoms with Gasteiger partial charge in [-0.3, -0.25) is 9.69 Å². The fourth-order valence-electron chi connectivity index (χ4n) is 2.06. The molecule has 5 nitrogen and oxygen atoms in total. The molecular formula is C14H19BrN2O3. The highest BCUT2D eigenvalue weighted by Crippen LogP contribution is 2.25. The number of rotatable bonds is 5. The van der Waals surface area contributed by atoms with Crippen molar-refractivity contribution in [3.05, 3.63) is 28.2 Å². The zero-order valence-electron chi connectivity index (χ0n) is 11.5. The third-order valence-electron chi connectivity index (χ3n) is 3.23. The van der Waals surface area contributed by atoms with Crippen LogP contribution in [0.2, 0.25) is 0 Å². The van der Waals surface area contributed by atoms with Gasteiger partial charge in [0.1, 0.15) is 5.75 Å². The molecule has 1 aromatic carbocycles. The average molecular weight is 343 g/mol. The van der Waals surface area contributed by atoms with Gasteiger partial charge in [-0.1, -0.05) is 0 Å². The Morgan fingerprint density at radius 1 is 1.45 bits per heavy atom. The van der Waals surface area contributed by atoms with Crippen LogP contribution in [0.25, 0.3) is 0 Å². The van der Waals surface area contributed by atoms with Crippen LogP contribution < -0.4 is 10.1 Å². The number of hydrogen-bond acceptors (Lipinski definition) is 4. The molecule has 0 aromatic heterocycles. The quantitative estimate of drug-likeness (QED) is 0.881. The van der Waals surface area contributed by atoms with E-state index in [1.54, 1.807) is 25.3 Å². The molecule has 1 amide bonds. The second kappa shape index (κ2) is 7.61. The van der Waals surface area contributed by atoms with E-state index in [9.17, 15) is 4.79 Å². The zero-order valence-corrected chi connectivity index (χ0v) is 13.1. The Kier molecular flexibility index (Phi) is 5.82. The van der Waals surface area contributed by atoms with Gasteiger partial charge in [-0.2, -0.15) is 0 Å². The molecule has 0 unspecified atom stereocenters. The molecule has 2 rings (SSSR count). The summed E-state index contributed by atoms with van der Waals surface area (Å²) in [6.07, 6.45) is 0. The Labute approximate surface area is 127 Å². The van der Waals surface area contributed by atoms with Gasteiger partial charge in [-0.15, -0.1) is 0 Å². The van der Waals surface area contributed by atoms with E-state index in [0.717, 1.165) is 43.1 Å². The van der Waals surface area contributed by atoms with Crippen molar-refractivity contribution in [3.63, 3.8) is 0 Å². The Morgan fingerprint density at radius 3 is 2.85 bits per heavy atom. The van der Waals surface area contributed by atoms with E-state index in [1.807, 2.05) is 0 Å². The van der Waals surface area contributed by atoms with E-state index in [1.165, 1.54) is 0 Å². The standard InChI is InChI=1S/C14H19BrN2O3/c1-19-13-3-2-11(10-12(13)15)14(18)16-4-5-17-6-8-20-9-7-17/h2-3,10H,4-9H2,1H3,(H,16,18). The molecule has 1 fully saturated rings. The SMILES string of the molecule is COc1ccc(C(=O)NCCN2CCOCC2)cc1Br. The monoisotopic (exact) mass is 342 g/mol. The lowest BCUT2D eigenvalue weighted by Crippen LogP contribution is -2.41. The summed E-state index contributed by atoms with van der Waals surface area (Å²) in [4.78, 5) is 14.3. The summed E-state index contributed by atoms with van der Waals surface area (Å²) in [7, 11) is 1.60. The first kappa shape index (κ1) is 15.3. The van der Waals surface area contributed by atoms with Crippen LogP contribution in [-0.4, -0.2) is 57.3 Å². The van der Waals surface area contributed by atoms with Crippen molar-refractivity contribution in [1.82, 2.24) is 10.2 Å². The van der Waals surface area contributed by atoms with Gasteiger partial charge in [-0.05, 0) is 34.1 Å². The molecule has 6 heteroatoms. The molecule has 0 aliphatic carbocycles. The van der Waals surface area contributed by atoms with Gasteiger partial charge in [0.25, 0.3) is 5.91 Å². The number of hydrogen-bond donors (Lipinski definition) is 1. The number of amides is 1. The third kappa shape index (κ3) is 4.19. The average Bonchev–Trinajstić information content (AvgIpc) is 2.48. The maximum Gasteiger partial charge on any atom is 0.251 e. The highest BCUT2D eigenvalue weighted by atomic mass is 79.9. The van der Waals surface area contributed by atoms with Crippen LogP contribution in [0.1, 0.15) is 10.4 Å². The van der Waals surface area contributed by atoms with Crippen molar-refractivity contribution in [1.29, 1.82) is 0 Å². The molecule has 1 aliphatic rings. The van der Waals surface area contributed by atoms with Crippen LogP contribution in [-0.2, 0) is 4.74 Å². The van der Waals surface area contributed by atoms with Crippen molar-refractivity contribution >= 4 is 21.8 Å². The molecule has 1 aliphatic heterocycles. The van der Waals surface area contributed by atoms with Gasteiger partial charge in [0.05, 0.1) is 24.8 Å². The second-order valence-corrected chi connectivity index (χ2v) is 5.41. The van der Waals surface area contributed by atoms with E-state index in [4.69, 9.17) is 9.47 Å². The van der Waals surface area contributed by atoms with Crippen LogP contribution in [0.3, 0.4) is 0 Å². The number of ether oxygens (including phenoxy) is 2. The number of methoxy groups -OCH3 is 1. The topological polar surface area (TPSA) is 50.8 Å². The molecule has 20 heavy (non-hydrogen) atoms. The zero-order chi connectivity index (χ0) is 14.4. The number of carbonyl (C=O) groups is 1. The molecule has 1 heterocycles. The molecule has 1 aromatic rings. The molecule has 0 spiro atoms. The maximum absolute atomic E-state index is 12.0. The van der Waals surface area contributed by atoms with Crippen molar-refractivity contribution < 1.29 is 14.3 Å². The van der Waals surface area contributed by atoms with Crippen LogP contribution in [0.5, 0.6) is 5.75 Å². The fraction of sp³-hybridized carbons (Fsp3) is 0.500. The summed E-state index contributed by atoms with van der Waals surface area (Å²) in [5.74, 6) is 0.650. The summed E-state index contributed by atoms with van der Waals surface area (Å²) in [5.41, 5.74) is 0.625. The van der Waals surface area contributed by atoms with Crippen LogP contribution >= 0.6 is 15.9 Å². The normalized spacial score (nSPS) is 15.9. The lowest BCUT2D eigenvalue weighted by molar-refractivity contribution is 0.0383.